The van der Waals surface area contributed by atoms with E-state index in [-0.39, 0.29) is 6.04 Å². The van der Waals surface area contributed by atoms with Crippen LogP contribution in [0.25, 0.3) is 11.0 Å². The van der Waals surface area contributed by atoms with Crippen LogP contribution in [0.4, 0.5) is 10.7 Å². The number of rotatable bonds is 1. The molecule has 1 aliphatic rings. The van der Waals surface area contributed by atoms with Crippen LogP contribution in [-0.4, -0.2) is 33.6 Å². The molecule has 3 rings (SSSR count). The Bertz CT molecular complexity index is 622. The number of aromatic nitrogens is 2. The van der Waals surface area contributed by atoms with Gasteiger partial charge in [0.2, 0.25) is 5.95 Å². The molecule has 6 heteroatoms. The first kappa shape index (κ1) is 11.8. The summed E-state index contributed by atoms with van der Waals surface area (Å²) < 4.78 is 1.93. The topological polar surface area (TPSA) is 87.2 Å². The molecule has 1 atom stereocenters. The van der Waals surface area contributed by atoms with Gasteiger partial charge >= 0.3 is 0 Å². The molecule has 2 heterocycles. The predicted octanol–water partition coefficient (Wildman–Crippen LogP) is 0.599. The largest absolute Gasteiger partial charge is 0.530 e. The molecule has 1 saturated heterocycles. The van der Waals surface area contributed by atoms with Crippen LogP contribution in [0, 0.1) is 0 Å². The molecule has 1 fully saturated rings. The van der Waals surface area contributed by atoms with Crippen LogP contribution in [0.3, 0.4) is 0 Å². The number of hydrogen-bond donors (Lipinski definition) is 1. The zero-order valence-electron chi connectivity index (χ0n) is 10.5. The molecule has 19 heavy (non-hydrogen) atoms. The normalized spacial score (nSPS) is 19.8. The van der Waals surface area contributed by atoms with Gasteiger partial charge in [0.05, 0.1) is 17.1 Å². The van der Waals surface area contributed by atoms with Gasteiger partial charge in [0.15, 0.2) is 0 Å². The van der Waals surface area contributed by atoms with Crippen molar-refractivity contribution in [1.82, 2.24) is 14.5 Å². The summed E-state index contributed by atoms with van der Waals surface area (Å²) in [5.74, 6) is 0.436. The molecule has 0 bridgehead atoms. The third kappa shape index (κ3) is 1.99. The Labute approximate surface area is 110 Å². The van der Waals surface area contributed by atoms with Crippen LogP contribution in [0.5, 0.6) is 0 Å². The van der Waals surface area contributed by atoms with Gasteiger partial charge in [0.25, 0.3) is 0 Å². The number of carbonyl (C=O) groups excluding carboxylic acids is 1. The van der Waals surface area contributed by atoms with Crippen molar-refractivity contribution in [2.24, 2.45) is 0 Å². The maximum Gasteiger partial charge on any atom is 0.201 e. The van der Waals surface area contributed by atoms with Crippen LogP contribution in [-0.2, 0) is 0 Å². The zero-order valence-corrected chi connectivity index (χ0v) is 10.5. The fraction of sp³-hybridized carbons (Fsp3) is 0.385. The summed E-state index contributed by atoms with van der Waals surface area (Å²) in [6.07, 6.45) is 0.589. The number of para-hydroxylation sites is 2. The van der Waals surface area contributed by atoms with E-state index in [0.29, 0.717) is 19.0 Å². The molecule has 1 amide bonds. The second kappa shape index (κ2) is 4.46. The van der Waals surface area contributed by atoms with Crippen LogP contribution in [0.15, 0.2) is 24.3 Å². The molecule has 0 spiro atoms. The smallest absolute Gasteiger partial charge is 0.201 e. The van der Waals surface area contributed by atoms with Crippen molar-refractivity contribution in [2.75, 3.05) is 18.8 Å². The SMILES string of the molecule is Nc1nc2ccccc2n1C1CCCN(C(=O)[O-])C1. The van der Waals surface area contributed by atoms with Crippen LogP contribution in [0.2, 0.25) is 0 Å². The number of carboxylic acid groups (broad SMARTS) is 1. The van der Waals surface area contributed by atoms with Gasteiger partial charge in [-0.25, -0.2) is 4.98 Å². The first-order chi connectivity index (χ1) is 9.16. The molecule has 1 unspecified atom stereocenters. The van der Waals surface area contributed by atoms with Gasteiger partial charge in [-0.15, -0.1) is 0 Å². The van der Waals surface area contributed by atoms with Gasteiger partial charge in [0, 0.05) is 13.1 Å². The highest BCUT2D eigenvalue weighted by Crippen LogP contribution is 2.28. The van der Waals surface area contributed by atoms with Crippen LogP contribution in [0.1, 0.15) is 18.9 Å². The number of likely N-dealkylation sites (tertiary alicyclic amines) is 1. The monoisotopic (exact) mass is 259 g/mol. The van der Waals surface area contributed by atoms with E-state index >= 15 is 0 Å². The van der Waals surface area contributed by atoms with Gasteiger partial charge < -0.3 is 25.1 Å². The quantitative estimate of drug-likeness (QED) is 0.812. The number of nitrogen functional groups attached to an aromatic ring is 1. The highest BCUT2D eigenvalue weighted by molar-refractivity contribution is 5.78. The van der Waals surface area contributed by atoms with Crippen LogP contribution < -0.4 is 10.8 Å². The van der Waals surface area contributed by atoms with Crippen molar-refractivity contribution >= 4 is 23.1 Å². The Morgan fingerprint density at radius 2 is 2.21 bits per heavy atom. The molecule has 1 aromatic carbocycles. The lowest BCUT2D eigenvalue weighted by Gasteiger charge is -2.35. The van der Waals surface area contributed by atoms with E-state index in [0.717, 1.165) is 23.9 Å². The fourth-order valence-electron chi connectivity index (χ4n) is 2.78. The van der Waals surface area contributed by atoms with Crippen molar-refractivity contribution in [3.8, 4) is 0 Å². The first-order valence-corrected chi connectivity index (χ1v) is 6.35. The molecule has 2 N–H and O–H groups in total. The van der Waals surface area contributed by atoms with Crippen molar-refractivity contribution < 1.29 is 9.90 Å². The molecule has 2 aromatic rings. The van der Waals surface area contributed by atoms with E-state index in [1.54, 1.807) is 0 Å². The number of hydrogen-bond acceptors (Lipinski definition) is 4. The first-order valence-electron chi connectivity index (χ1n) is 6.35. The highest BCUT2D eigenvalue weighted by atomic mass is 16.4. The third-order valence-corrected chi connectivity index (χ3v) is 3.64. The van der Waals surface area contributed by atoms with E-state index in [2.05, 4.69) is 4.98 Å². The van der Waals surface area contributed by atoms with Gasteiger partial charge in [-0.1, -0.05) is 12.1 Å². The zero-order chi connectivity index (χ0) is 13.4. The number of fused-ring (bicyclic) bond motifs is 1. The summed E-state index contributed by atoms with van der Waals surface area (Å²) >= 11 is 0. The maximum atomic E-state index is 11.0. The second-order valence-corrected chi connectivity index (χ2v) is 4.84. The van der Waals surface area contributed by atoms with Gasteiger partial charge in [-0.3, -0.25) is 0 Å². The summed E-state index contributed by atoms with van der Waals surface area (Å²) in [6, 6.07) is 7.73. The van der Waals surface area contributed by atoms with E-state index in [9.17, 15) is 9.90 Å². The van der Waals surface area contributed by atoms with Crippen molar-refractivity contribution in [3.05, 3.63) is 24.3 Å². The number of nitrogens with zero attached hydrogens (tertiary/aromatic N) is 3. The standard InChI is InChI=1S/C13H16N4O2/c14-12-15-10-5-1-2-6-11(10)17(12)9-4-3-7-16(8-9)13(18)19/h1-2,5-6,9H,3-4,7-8H2,(H2,14,15)(H,18,19)/p-1. The van der Waals surface area contributed by atoms with E-state index in [4.69, 9.17) is 5.73 Å². The van der Waals surface area contributed by atoms with Gasteiger partial charge in [0.1, 0.15) is 6.09 Å². The summed E-state index contributed by atoms with van der Waals surface area (Å²) in [4.78, 5) is 16.6. The highest BCUT2D eigenvalue weighted by Gasteiger charge is 2.24. The predicted molar refractivity (Wildman–Crippen MR) is 69.4 cm³/mol. The lowest BCUT2D eigenvalue weighted by Crippen LogP contribution is -2.47. The molecule has 1 aromatic heterocycles. The molecular formula is C13H15N4O2-. The second-order valence-electron chi connectivity index (χ2n) is 4.84. The van der Waals surface area contributed by atoms with E-state index in [1.807, 2.05) is 28.8 Å². The molecule has 0 saturated carbocycles. The maximum absolute atomic E-state index is 11.0. The Hall–Kier alpha value is -2.24. The Morgan fingerprint density at radius 3 is 3.00 bits per heavy atom. The molecule has 0 aliphatic carbocycles. The minimum atomic E-state index is -1.12. The van der Waals surface area contributed by atoms with Crippen LogP contribution >= 0.6 is 0 Å². The average molecular weight is 259 g/mol. The summed E-state index contributed by atoms with van der Waals surface area (Å²) in [7, 11) is 0. The van der Waals surface area contributed by atoms with Crippen molar-refractivity contribution in [1.29, 1.82) is 0 Å². The summed E-state index contributed by atoms with van der Waals surface area (Å²) in [5.41, 5.74) is 7.76. The van der Waals surface area contributed by atoms with Crippen molar-refractivity contribution in [3.63, 3.8) is 0 Å². The average Bonchev–Trinajstić information content (AvgIpc) is 2.74. The lowest BCUT2D eigenvalue weighted by molar-refractivity contribution is -0.267. The Balaban J connectivity index is 1.99. The number of amides is 1. The van der Waals surface area contributed by atoms with Gasteiger partial charge in [-0.05, 0) is 25.0 Å². The minimum absolute atomic E-state index is 0.0269. The molecule has 0 radical (unpaired) electrons. The van der Waals surface area contributed by atoms with E-state index in [1.165, 1.54) is 4.90 Å². The summed E-state index contributed by atoms with van der Waals surface area (Å²) in [6.45, 7) is 0.943. The van der Waals surface area contributed by atoms with Gasteiger partial charge in [-0.2, -0.15) is 0 Å². The fourth-order valence-corrected chi connectivity index (χ4v) is 2.78. The number of carbonyl (C=O) groups is 1. The molecule has 6 nitrogen and oxygen atoms in total. The number of piperidine rings is 1. The van der Waals surface area contributed by atoms with E-state index < -0.39 is 6.09 Å². The third-order valence-electron chi connectivity index (χ3n) is 3.64. The lowest BCUT2D eigenvalue weighted by atomic mass is 10.1. The number of imidazole rings is 1. The Morgan fingerprint density at radius 1 is 1.42 bits per heavy atom. The molecular weight excluding hydrogens is 244 g/mol. The number of anilines is 1. The molecule has 1 aliphatic heterocycles. The number of nitrogens with two attached hydrogens (primary N) is 1. The minimum Gasteiger partial charge on any atom is -0.530 e. The Kier molecular flexibility index (Phi) is 2.77. The summed E-state index contributed by atoms with van der Waals surface area (Å²) in [5, 5.41) is 11.0. The molecule has 100 valence electrons. The number of benzene rings is 1. The van der Waals surface area contributed by atoms with Crippen molar-refractivity contribution in [2.45, 2.75) is 18.9 Å².